The first-order chi connectivity index (χ1) is 7.66. The number of hydrogen-bond donors (Lipinski definition) is 1. The second kappa shape index (κ2) is 4.97. The van der Waals surface area contributed by atoms with Crippen LogP contribution in [0.4, 0.5) is 5.69 Å². The van der Waals surface area contributed by atoms with Gasteiger partial charge in [0.2, 0.25) is 0 Å². The highest BCUT2D eigenvalue weighted by molar-refractivity contribution is 9.10. The number of hydrogen-bond acceptors (Lipinski definition) is 3. The van der Waals surface area contributed by atoms with Crippen LogP contribution in [-0.2, 0) is 0 Å². The molecule has 0 bridgehead atoms. The first kappa shape index (κ1) is 11.6. The van der Waals surface area contributed by atoms with Crippen LogP contribution in [0.25, 0.3) is 0 Å². The van der Waals surface area contributed by atoms with Crippen molar-refractivity contribution in [2.24, 2.45) is 0 Å². The van der Waals surface area contributed by atoms with Gasteiger partial charge in [0.15, 0.2) is 0 Å². The minimum Gasteiger partial charge on any atom is -0.377 e. The topological polar surface area (TPSA) is 24.9 Å². The minimum atomic E-state index is 0.284. The van der Waals surface area contributed by atoms with Crippen molar-refractivity contribution in [3.63, 3.8) is 0 Å². The van der Waals surface area contributed by atoms with Gasteiger partial charge in [0.25, 0.3) is 0 Å². The highest BCUT2D eigenvalue weighted by Gasteiger charge is 2.08. The molecule has 0 aliphatic heterocycles. The molecule has 2 aromatic rings. The third-order valence-corrected chi connectivity index (χ3v) is 3.99. The first-order valence-electron chi connectivity index (χ1n) is 5.08. The summed E-state index contributed by atoms with van der Waals surface area (Å²) in [6.45, 7) is 4.22. The minimum absolute atomic E-state index is 0.284. The van der Waals surface area contributed by atoms with Gasteiger partial charge in [-0.25, -0.2) is 0 Å². The van der Waals surface area contributed by atoms with Crippen LogP contribution in [0, 0.1) is 6.92 Å². The number of thiazole rings is 1. The number of rotatable bonds is 3. The Morgan fingerprint density at radius 1 is 1.44 bits per heavy atom. The van der Waals surface area contributed by atoms with Gasteiger partial charge >= 0.3 is 0 Å². The molecule has 0 amide bonds. The third kappa shape index (κ3) is 2.62. The molecule has 16 heavy (non-hydrogen) atoms. The fourth-order valence-corrected chi connectivity index (χ4v) is 2.72. The zero-order valence-electron chi connectivity index (χ0n) is 9.20. The lowest BCUT2D eigenvalue weighted by Gasteiger charge is -2.15. The fraction of sp³-hybridized carbons (Fsp3) is 0.250. The van der Waals surface area contributed by atoms with Crippen molar-refractivity contribution in [3.05, 3.63) is 44.8 Å². The summed E-state index contributed by atoms with van der Waals surface area (Å²) in [6.07, 6.45) is 1.91. The molecule has 2 rings (SSSR count). The Balaban J connectivity index is 2.15. The van der Waals surface area contributed by atoms with Crippen molar-refractivity contribution in [3.8, 4) is 0 Å². The second-order valence-electron chi connectivity index (χ2n) is 3.75. The van der Waals surface area contributed by atoms with Gasteiger partial charge in [-0.15, -0.1) is 11.3 Å². The van der Waals surface area contributed by atoms with E-state index in [1.54, 1.807) is 11.3 Å². The maximum absolute atomic E-state index is 4.09. The number of benzene rings is 1. The predicted octanol–water partition coefficient (Wildman–Crippen LogP) is 4.39. The molecule has 4 heteroatoms. The number of anilines is 1. The molecule has 0 radical (unpaired) electrons. The molecular weight excluding hydrogens is 284 g/mol. The van der Waals surface area contributed by atoms with E-state index in [4.69, 9.17) is 0 Å². The Morgan fingerprint density at radius 2 is 2.25 bits per heavy atom. The van der Waals surface area contributed by atoms with Gasteiger partial charge in [0.05, 0.1) is 11.6 Å². The summed E-state index contributed by atoms with van der Waals surface area (Å²) in [5.41, 5.74) is 4.23. The van der Waals surface area contributed by atoms with Crippen molar-refractivity contribution in [2.45, 2.75) is 19.9 Å². The van der Waals surface area contributed by atoms with Gasteiger partial charge in [-0.05, 0) is 47.5 Å². The number of nitrogens with zero attached hydrogens (tertiary/aromatic N) is 1. The Morgan fingerprint density at radius 3 is 2.88 bits per heavy atom. The molecule has 84 valence electrons. The number of aromatic nitrogens is 1. The van der Waals surface area contributed by atoms with Gasteiger partial charge in [0.1, 0.15) is 0 Å². The average Bonchev–Trinajstić information content (AvgIpc) is 2.75. The Labute approximate surface area is 108 Å². The van der Waals surface area contributed by atoms with Crippen LogP contribution in [0.2, 0.25) is 0 Å². The van der Waals surface area contributed by atoms with E-state index in [1.807, 2.05) is 11.7 Å². The van der Waals surface area contributed by atoms with Crippen molar-refractivity contribution in [1.82, 2.24) is 4.98 Å². The van der Waals surface area contributed by atoms with Gasteiger partial charge in [-0.1, -0.05) is 6.07 Å². The lowest BCUT2D eigenvalue weighted by atomic mass is 10.2. The zero-order valence-corrected chi connectivity index (χ0v) is 11.6. The molecule has 2 nitrogen and oxygen atoms in total. The number of aryl methyl sites for hydroxylation is 1. The Hall–Kier alpha value is -0.870. The Bertz CT molecular complexity index is 468. The van der Waals surface area contributed by atoms with E-state index in [0.29, 0.717) is 0 Å². The average molecular weight is 297 g/mol. The van der Waals surface area contributed by atoms with Crippen LogP contribution in [-0.4, -0.2) is 4.98 Å². The highest BCUT2D eigenvalue weighted by atomic mass is 79.9. The van der Waals surface area contributed by atoms with E-state index in [-0.39, 0.29) is 6.04 Å². The summed E-state index contributed by atoms with van der Waals surface area (Å²) < 4.78 is 1.10. The molecule has 0 saturated carbocycles. The Kier molecular flexibility index (Phi) is 3.61. The molecule has 0 aliphatic rings. The maximum Gasteiger partial charge on any atom is 0.0795 e. The second-order valence-corrected chi connectivity index (χ2v) is 5.53. The lowest BCUT2D eigenvalue weighted by molar-refractivity contribution is 0.902. The molecule has 1 aromatic heterocycles. The normalized spacial score (nSPS) is 12.4. The summed E-state index contributed by atoms with van der Waals surface area (Å²) in [5, 5.41) is 3.46. The van der Waals surface area contributed by atoms with E-state index in [0.717, 1.165) is 10.2 Å². The van der Waals surface area contributed by atoms with Crippen LogP contribution in [0.3, 0.4) is 0 Å². The molecule has 0 spiro atoms. The predicted molar refractivity (Wildman–Crippen MR) is 73.0 cm³/mol. The van der Waals surface area contributed by atoms with E-state index >= 15 is 0 Å². The van der Waals surface area contributed by atoms with Crippen LogP contribution in [0.1, 0.15) is 23.4 Å². The van der Waals surface area contributed by atoms with E-state index < -0.39 is 0 Å². The number of halogens is 1. The van der Waals surface area contributed by atoms with Gasteiger partial charge < -0.3 is 5.32 Å². The molecule has 1 atom stereocenters. The van der Waals surface area contributed by atoms with Crippen molar-refractivity contribution < 1.29 is 0 Å². The largest absolute Gasteiger partial charge is 0.377 e. The van der Waals surface area contributed by atoms with Crippen molar-refractivity contribution >= 4 is 33.0 Å². The first-order valence-corrected chi connectivity index (χ1v) is 6.75. The van der Waals surface area contributed by atoms with Gasteiger partial charge in [0, 0.05) is 21.2 Å². The standard InChI is InChI=1S/C12H13BrN2S/c1-8-3-4-11(10(13)5-8)15-9(2)12-6-14-7-16-12/h3-7,9,15H,1-2H3. The summed E-state index contributed by atoms with van der Waals surface area (Å²) in [6, 6.07) is 6.59. The summed E-state index contributed by atoms with van der Waals surface area (Å²) in [5.74, 6) is 0. The van der Waals surface area contributed by atoms with Crippen molar-refractivity contribution in [1.29, 1.82) is 0 Å². The SMILES string of the molecule is Cc1ccc(NC(C)c2cncs2)c(Br)c1. The van der Waals surface area contributed by atoms with E-state index in [2.05, 4.69) is 58.3 Å². The summed E-state index contributed by atoms with van der Waals surface area (Å²) in [7, 11) is 0. The molecule has 1 aromatic carbocycles. The highest BCUT2D eigenvalue weighted by Crippen LogP contribution is 2.28. The van der Waals surface area contributed by atoms with Gasteiger partial charge in [-0.2, -0.15) is 0 Å². The third-order valence-electron chi connectivity index (χ3n) is 2.37. The van der Waals surface area contributed by atoms with Crippen LogP contribution < -0.4 is 5.32 Å². The van der Waals surface area contributed by atoms with Crippen LogP contribution in [0.5, 0.6) is 0 Å². The zero-order chi connectivity index (χ0) is 11.5. The fourth-order valence-electron chi connectivity index (χ4n) is 1.48. The molecule has 1 N–H and O–H groups in total. The summed E-state index contributed by atoms with van der Waals surface area (Å²) in [4.78, 5) is 5.33. The quantitative estimate of drug-likeness (QED) is 0.909. The van der Waals surface area contributed by atoms with Crippen LogP contribution in [0.15, 0.2) is 34.4 Å². The monoisotopic (exact) mass is 296 g/mol. The van der Waals surface area contributed by atoms with E-state index in [1.165, 1.54) is 10.4 Å². The molecule has 0 saturated heterocycles. The lowest BCUT2D eigenvalue weighted by Crippen LogP contribution is -2.05. The van der Waals surface area contributed by atoms with Crippen molar-refractivity contribution in [2.75, 3.05) is 5.32 Å². The van der Waals surface area contributed by atoms with Gasteiger partial charge in [-0.3, -0.25) is 4.98 Å². The summed E-state index contributed by atoms with van der Waals surface area (Å²) >= 11 is 5.23. The maximum atomic E-state index is 4.09. The number of nitrogens with one attached hydrogen (secondary N) is 1. The molecule has 0 aliphatic carbocycles. The molecule has 0 fully saturated rings. The molecular formula is C12H13BrN2S. The molecule has 1 heterocycles. The van der Waals surface area contributed by atoms with Crippen LogP contribution >= 0.6 is 27.3 Å². The molecule has 1 unspecified atom stereocenters. The smallest absolute Gasteiger partial charge is 0.0795 e. The van der Waals surface area contributed by atoms with E-state index in [9.17, 15) is 0 Å².